The molecule has 1 aromatic rings. The van der Waals surface area contributed by atoms with Crippen LogP contribution in [0.15, 0.2) is 33.3 Å². The second kappa shape index (κ2) is 5.06. The van der Waals surface area contributed by atoms with Crippen molar-refractivity contribution in [1.29, 1.82) is 0 Å². The van der Waals surface area contributed by atoms with Crippen molar-refractivity contribution in [2.45, 2.75) is 32.0 Å². The molecule has 0 saturated carbocycles. The van der Waals surface area contributed by atoms with Crippen LogP contribution in [0, 0.1) is 13.5 Å². The van der Waals surface area contributed by atoms with Crippen molar-refractivity contribution in [3.8, 4) is 0 Å². The fourth-order valence-corrected chi connectivity index (χ4v) is 2.68. The zero-order chi connectivity index (χ0) is 17.7. The zero-order valence-electron chi connectivity index (χ0n) is 12.9. The molecule has 2 N–H and O–H groups in total. The number of guanidine groups is 1. The predicted molar refractivity (Wildman–Crippen MR) is 84.5 cm³/mol. The number of amidine groups is 1. The first-order valence-electron chi connectivity index (χ1n) is 7.01. The molecular formula is C15H13F3N6. The number of fused-ring (bicyclic) bond motifs is 1. The fourth-order valence-electron chi connectivity index (χ4n) is 2.68. The summed E-state index contributed by atoms with van der Waals surface area (Å²) in [5, 5.41) is 4.62. The molecule has 0 aliphatic carbocycles. The maximum absolute atomic E-state index is 12.9. The molecule has 9 heteroatoms. The van der Waals surface area contributed by atoms with Gasteiger partial charge in [0.2, 0.25) is 5.96 Å². The lowest BCUT2D eigenvalue weighted by molar-refractivity contribution is -0.0601. The molecule has 0 bridgehead atoms. The van der Waals surface area contributed by atoms with Crippen molar-refractivity contribution in [2.24, 2.45) is 20.8 Å². The highest BCUT2D eigenvalue weighted by Crippen LogP contribution is 2.39. The Labute approximate surface area is 136 Å². The number of hydrogen-bond acceptors (Lipinski definition) is 4. The van der Waals surface area contributed by atoms with Crippen LogP contribution in [0.25, 0.3) is 4.85 Å². The largest absolute Gasteiger partial charge is 0.431 e. The summed E-state index contributed by atoms with van der Waals surface area (Å²) in [5.41, 5.74) is 5.35. The third-order valence-corrected chi connectivity index (χ3v) is 3.98. The Kier molecular flexibility index (Phi) is 3.37. The van der Waals surface area contributed by atoms with E-state index in [1.165, 1.54) is 0 Å². The lowest BCUT2D eigenvalue weighted by Crippen LogP contribution is -2.45. The minimum Gasteiger partial charge on any atom is -0.368 e. The van der Waals surface area contributed by atoms with Gasteiger partial charge in [-0.25, -0.2) is 14.8 Å². The number of aliphatic imine (C=N–C) groups is 2. The normalized spacial score (nSPS) is 24.7. The van der Waals surface area contributed by atoms with Gasteiger partial charge in [0.25, 0.3) is 0 Å². The van der Waals surface area contributed by atoms with Gasteiger partial charge in [-0.05, 0) is 31.5 Å². The van der Waals surface area contributed by atoms with Gasteiger partial charge in [0.05, 0.1) is 12.3 Å². The number of nitrogens with two attached hydrogens (primary N) is 1. The maximum Gasteiger partial charge on any atom is 0.431 e. The predicted octanol–water partition coefficient (Wildman–Crippen LogP) is 3.29. The van der Waals surface area contributed by atoms with Crippen LogP contribution in [0.5, 0.6) is 0 Å². The Morgan fingerprint density at radius 2 is 2.12 bits per heavy atom. The Morgan fingerprint density at radius 3 is 2.71 bits per heavy atom. The molecule has 0 spiro atoms. The van der Waals surface area contributed by atoms with E-state index in [-0.39, 0.29) is 18.2 Å². The minimum absolute atomic E-state index is 0.120. The molecule has 0 amide bonds. The SMILES string of the molecule is [C-]#[N+]c1ccc(N=C2N=C(N)N3N=C(C(F)(F)F)CC23C)cc1C. The van der Waals surface area contributed by atoms with E-state index in [1.807, 2.05) is 0 Å². The minimum atomic E-state index is -4.52. The molecule has 0 fully saturated rings. The molecule has 2 aliphatic rings. The number of halogens is 3. The second-order valence-corrected chi connectivity index (χ2v) is 5.79. The van der Waals surface area contributed by atoms with Gasteiger partial charge in [0, 0.05) is 6.42 Å². The van der Waals surface area contributed by atoms with Crippen molar-refractivity contribution < 1.29 is 13.2 Å². The Bertz CT molecular complexity index is 846. The van der Waals surface area contributed by atoms with Gasteiger partial charge in [-0.1, -0.05) is 6.07 Å². The highest BCUT2D eigenvalue weighted by Gasteiger charge is 2.55. The molecule has 3 rings (SSSR count). The molecule has 0 radical (unpaired) electrons. The standard InChI is InChI=1S/C15H13F3N6/c1-8-6-9(4-5-10(8)20-3)21-12-14(2)7-11(15(16,17)18)23-24(14)13(19)22-12/h4-6H,7H2,1-2H3,(H2,19,21,22). The van der Waals surface area contributed by atoms with Crippen LogP contribution in [0.4, 0.5) is 24.5 Å². The fraction of sp³-hybridized carbons (Fsp3) is 0.333. The Balaban J connectivity index is 2.00. The number of aryl methyl sites for hydroxylation is 1. The van der Waals surface area contributed by atoms with Crippen molar-refractivity contribution in [1.82, 2.24) is 5.01 Å². The zero-order valence-corrected chi connectivity index (χ0v) is 12.9. The summed E-state index contributed by atoms with van der Waals surface area (Å²) in [4.78, 5) is 11.8. The van der Waals surface area contributed by atoms with E-state index in [1.54, 1.807) is 32.0 Å². The van der Waals surface area contributed by atoms with E-state index in [0.29, 0.717) is 11.4 Å². The van der Waals surface area contributed by atoms with E-state index >= 15 is 0 Å². The molecule has 124 valence electrons. The smallest absolute Gasteiger partial charge is 0.368 e. The molecule has 6 nitrogen and oxygen atoms in total. The lowest BCUT2D eigenvalue weighted by Gasteiger charge is -2.25. The molecular weight excluding hydrogens is 321 g/mol. The topological polar surface area (TPSA) is 70.7 Å². The van der Waals surface area contributed by atoms with Crippen molar-refractivity contribution >= 4 is 28.9 Å². The number of benzene rings is 1. The van der Waals surface area contributed by atoms with Gasteiger partial charge < -0.3 is 5.73 Å². The Hall–Kier alpha value is -2.89. The van der Waals surface area contributed by atoms with E-state index in [4.69, 9.17) is 12.3 Å². The van der Waals surface area contributed by atoms with Crippen LogP contribution in [-0.2, 0) is 0 Å². The van der Waals surface area contributed by atoms with Crippen molar-refractivity contribution in [3.63, 3.8) is 0 Å². The molecule has 24 heavy (non-hydrogen) atoms. The van der Waals surface area contributed by atoms with Gasteiger partial charge in [-0.3, -0.25) is 0 Å². The number of hydrogen-bond donors (Lipinski definition) is 1. The van der Waals surface area contributed by atoms with Crippen molar-refractivity contribution in [2.75, 3.05) is 0 Å². The van der Waals surface area contributed by atoms with Crippen LogP contribution in [0.1, 0.15) is 18.9 Å². The first-order chi connectivity index (χ1) is 11.1. The molecule has 2 aliphatic heterocycles. The monoisotopic (exact) mass is 334 g/mol. The first kappa shape index (κ1) is 16.0. The van der Waals surface area contributed by atoms with Crippen molar-refractivity contribution in [3.05, 3.63) is 35.2 Å². The van der Waals surface area contributed by atoms with Gasteiger partial charge in [0.1, 0.15) is 11.3 Å². The second-order valence-electron chi connectivity index (χ2n) is 5.79. The highest BCUT2D eigenvalue weighted by atomic mass is 19.4. The summed E-state index contributed by atoms with van der Waals surface area (Å²) < 4.78 is 38.8. The summed E-state index contributed by atoms with van der Waals surface area (Å²) in [6, 6.07) is 4.90. The van der Waals surface area contributed by atoms with Gasteiger partial charge in [-0.2, -0.15) is 23.3 Å². The molecule has 2 heterocycles. The quantitative estimate of drug-likeness (QED) is 0.801. The number of alkyl halides is 3. The summed E-state index contributed by atoms with van der Waals surface area (Å²) in [6.07, 6.45) is -4.90. The lowest BCUT2D eigenvalue weighted by atomic mass is 9.95. The third kappa shape index (κ3) is 2.40. The summed E-state index contributed by atoms with van der Waals surface area (Å²) >= 11 is 0. The summed E-state index contributed by atoms with van der Waals surface area (Å²) in [6.45, 7) is 10.4. The van der Waals surface area contributed by atoms with Gasteiger partial charge in [0.15, 0.2) is 11.5 Å². The molecule has 1 aromatic carbocycles. The number of rotatable bonds is 1. The number of hydrazone groups is 1. The van der Waals surface area contributed by atoms with E-state index in [0.717, 1.165) is 10.6 Å². The summed E-state index contributed by atoms with van der Waals surface area (Å²) in [7, 11) is 0. The van der Waals surface area contributed by atoms with Gasteiger partial charge >= 0.3 is 6.18 Å². The molecule has 0 saturated heterocycles. The average molecular weight is 334 g/mol. The van der Waals surface area contributed by atoms with E-state index in [9.17, 15) is 13.2 Å². The Morgan fingerprint density at radius 1 is 1.42 bits per heavy atom. The van der Waals surface area contributed by atoms with Crippen LogP contribution in [0.2, 0.25) is 0 Å². The summed E-state index contributed by atoms with van der Waals surface area (Å²) in [5.74, 6) is 0.0444. The highest BCUT2D eigenvalue weighted by molar-refractivity contribution is 6.13. The van der Waals surface area contributed by atoms with Crippen LogP contribution in [0.3, 0.4) is 0 Å². The van der Waals surface area contributed by atoms with Crippen LogP contribution >= 0.6 is 0 Å². The van der Waals surface area contributed by atoms with Gasteiger partial charge in [-0.15, -0.1) is 0 Å². The van der Waals surface area contributed by atoms with E-state index < -0.39 is 17.4 Å². The van der Waals surface area contributed by atoms with Crippen LogP contribution < -0.4 is 5.73 Å². The van der Waals surface area contributed by atoms with Crippen LogP contribution in [-0.4, -0.2) is 34.2 Å². The van der Waals surface area contributed by atoms with E-state index in [2.05, 4.69) is 19.9 Å². The molecule has 1 atom stereocenters. The molecule has 1 unspecified atom stereocenters. The number of nitrogens with zero attached hydrogens (tertiary/aromatic N) is 5. The average Bonchev–Trinajstić information content (AvgIpc) is 2.95. The third-order valence-electron chi connectivity index (χ3n) is 3.98. The maximum atomic E-state index is 12.9. The molecule has 0 aromatic heterocycles. The first-order valence-corrected chi connectivity index (χ1v) is 7.01.